The predicted molar refractivity (Wildman–Crippen MR) is 111 cm³/mol. The van der Waals surface area contributed by atoms with Crippen LogP contribution in [0.4, 0.5) is 5.82 Å². The van der Waals surface area contributed by atoms with Gasteiger partial charge in [0.1, 0.15) is 11.6 Å². The largest absolute Gasteiger partial charge is 0.356 e. The molecule has 146 valence electrons. The number of nitrogens with one attached hydrogen (secondary N) is 1. The maximum Gasteiger partial charge on any atom is 0.240 e. The maximum absolute atomic E-state index is 12.6. The van der Waals surface area contributed by atoms with E-state index in [-0.39, 0.29) is 11.4 Å². The average Bonchev–Trinajstić information content (AvgIpc) is 2.73. The number of benzene rings is 2. The lowest BCUT2D eigenvalue weighted by molar-refractivity contribution is 0.571. The monoisotopic (exact) mass is 396 g/mol. The van der Waals surface area contributed by atoms with E-state index in [0.717, 1.165) is 48.2 Å². The highest BCUT2D eigenvalue weighted by molar-refractivity contribution is 7.89. The molecule has 1 saturated heterocycles. The van der Waals surface area contributed by atoms with Crippen molar-refractivity contribution in [2.45, 2.75) is 37.6 Å². The van der Waals surface area contributed by atoms with E-state index in [1.807, 2.05) is 31.2 Å². The quantitative estimate of drug-likeness (QED) is 0.715. The number of piperidine rings is 1. The van der Waals surface area contributed by atoms with Crippen LogP contribution in [0.5, 0.6) is 0 Å². The average molecular weight is 397 g/mol. The van der Waals surface area contributed by atoms with Crippen LogP contribution >= 0.6 is 0 Å². The highest BCUT2D eigenvalue weighted by Gasteiger charge is 2.19. The molecule has 0 atom stereocenters. The molecule has 2 aromatic carbocycles. The predicted octanol–water partition coefficient (Wildman–Crippen LogP) is 3.41. The second-order valence-corrected chi connectivity index (χ2v) is 8.93. The number of anilines is 1. The fraction of sp³-hybridized carbons (Fsp3) is 0.333. The molecule has 0 amide bonds. The van der Waals surface area contributed by atoms with Crippen molar-refractivity contribution in [3.8, 4) is 0 Å². The van der Waals surface area contributed by atoms with Crippen LogP contribution in [0, 0.1) is 6.92 Å². The molecule has 0 aliphatic carbocycles. The summed E-state index contributed by atoms with van der Waals surface area (Å²) in [6, 6.07) is 14.7. The van der Waals surface area contributed by atoms with Gasteiger partial charge >= 0.3 is 0 Å². The second kappa shape index (κ2) is 7.85. The van der Waals surface area contributed by atoms with Crippen LogP contribution in [0.15, 0.2) is 53.4 Å². The van der Waals surface area contributed by atoms with Crippen LogP contribution in [0.3, 0.4) is 0 Å². The van der Waals surface area contributed by atoms with E-state index in [1.165, 1.54) is 6.42 Å². The summed E-state index contributed by atoms with van der Waals surface area (Å²) in [5.41, 5.74) is 1.85. The summed E-state index contributed by atoms with van der Waals surface area (Å²) in [6.45, 7) is 3.92. The fourth-order valence-corrected chi connectivity index (χ4v) is 4.47. The first-order chi connectivity index (χ1) is 13.5. The SMILES string of the molecule is Cc1ccc(S(=O)(=O)NCc2nc(N3CCCCC3)c3ccccc3n2)cc1. The van der Waals surface area contributed by atoms with E-state index >= 15 is 0 Å². The summed E-state index contributed by atoms with van der Waals surface area (Å²) in [4.78, 5) is 11.8. The molecule has 0 bridgehead atoms. The second-order valence-electron chi connectivity index (χ2n) is 7.17. The van der Waals surface area contributed by atoms with Gasteiger partial charge in [-0.2, -0.15) is 0 Å². The minimum atomic E-state index is -3.61. The summed E-state index contributed by atoms with van der Waals surface area (Å²) < 4.78 is 27.8. The van der Waals surface area contributed by atoms with Gasteiger partial charge in [-0.15, -0.1) is 0 Å². The van der Waals surface area contributed by atoms with Crippen LogP contribution in [-0.4, -0.2) is 31.5 Å². The van der Waals surface area contributed by atoms with E-state index < -0.39 is 10.0 Å². The van der Waals surface area contributed by atoms with E-state index in [2.05, 4.69) is 14.6 Å². The summed E-state index contributed by atoms with van der Waals surface area (Å²) in [5, 5.41) is 1.01. The molecule has 1 aliphatic heterocycles. The Labute approximate surface area is 165 Å². The molecule has 4 rings (SSSR count). The Kier molecular flexibility index (Phi) is 5.28. The number of aryl methyl sites for hydroxylation is 1. The van der Waals surface area contributed by atoms with Gasteiger partial charge in [0.15, 0.2) is 0 Å². The van der Waals surface area contributed by atoms with Crippen molar-refractivity contribution in [3.63, 3.8) is 0 Å². The molecule has 1 fully saturated rings. The Hall–Kier alpha value is -2.51. The zero-order chi connectivity index (χ0) is 19.6. The normalized spacial score (nSPS) is 15.1. The lowest BCUT2D eigenvalue weighted by atomic mass is 10.1. The van der Waals surface area contributed by atoms with Crippen LogP contribution in [0.25, 0.3) is 10.9 Å². The van der Waals surface area contributed by atoms with E-state index in [1.54, 1.807) is 24.3 Å². The van der Waals surface area contributed by atoms with Gasteiger partial charge < -0.3 is 4.90 Å². The molecule has 3 aromatic rings. The van der Waals surface area contributed by atoms with Gasteiger partial charge in [0.05, 0.1) is 17.0 Å². The van der Waals surface area contributed by atoms with Crippen molar-refractivity contribution < 1.29 is 8.42 Å². The Morgan fingerprint density at radius 1 is 0.964 bits per heavy atom. The standard InChI is InChI=1S/C21H24N4O2S/c1-16-9-11-17(12-10-16)28(26,27)22-15-20-23-19-8-4-3-7-18(19)21(24-20)25-13-5-2-6-14-25/h3-4,7-12,22H,2,5-6,13-15H2,1H3. The fourth-order valence-electron chi connectivity index (χ4n) is 3.49. The van der Waals surface area contributed by atoms with Crippen LogP contribution in [0.1, 0.15) is 30.7 Å². The number of hydrogen-bond donors (Lipinski definition) is 1. The number of fused-ring (bicyclic) bond motifs is 1. The first-order valence-electron chi connectivity index (χ1n) is 9.60. The lowest BCUT2D eigenvalue weighted by Gasteiger charge is -2.29. The van der Waals surface area contributed by atoms with Crippen LogP contribution in [-0.2, 0) is 16.6 Å². The van der Waals surface area contributed by atoms with Crippen molar-refractivity contribution in [1.82, 2.24) is 14.7 Å². The van der Waals surface area contributed by atoms with Crippen molar-refractivity contribution in [2.24, 2.45) is 0 Å². The number of hydrogen-bond acceptors (Lipinski definition) is 5. The summed E-state index contributed by atoms with van der Waals surface area (Å²) in [5.74, 6) is 1.38. The van der Waals surface area contributed by atoms with Crippen LogP contribution in [0.2, 0.25) is 0 Å². The van der Waals surface area contributed by atoms with Gasteiger partial charge in [0.2, 0.25) is 10.0 Å². The molecule has 1 aliphatic rings. The third kappa shape index (κ3) is 4.00. The first-order valence-corrected chi connectivity index (χ1v) is 11.1. The van der Waals surface area contributed by atoms with Gasteiger partial charge in [-0.05, 0) is 50.5 Å². The molecule has 0 saturated carbocycles. The molecule has 1 aromatic heterocycles. The molecule has 1 N–H and O–H groups in total. The summed E-state index contributed by atoms with van der Waals surface area (Å²) >= 11 is 0. The van der Waals surface area contributed by atoms with Gasteiger partial charge in [0.25, 0.3) is 0 Å². The topological polar surface area (TPSA) is 75.2 Å². The minimum Gasteiger partial charge on any atom is -0.356 e. The molecule has 7 heteroatoms. The van der Waals surface area contributed by atoms with E-state index in [4.69, 9.17) is 4.98 Å². The van der Waals surface area contributed by atoms with Crippen molar-refractivity contribution in [3.05, 3.63) is 59.9 Å². The summed E-state index contributed by atoms with van der Waals surface area (Å²) in [6.07, 6.45) is 3.53. The number of aromatic nitrogens is 2. The first kappa shape index (κ1) is 18.8. The molecule has 0 radical (unpaired) electrons. The maximum atomic E-state index is 12.6. The highest BCUT2D eigenvalue weighted by atomic mass is 32.2. The Balaban J connectivity index is 1.62. The van der Waals surface area contributed by atoms with Gasteiger partial charge in [-0.1, -0.05) is 29.8 Å². The van der Waals surface area contributed by atoms with Crippen molar-refractivity contribution >= 4 is 26.7 Å². The number of rotatable bonds is 5. The molecule has 0 unspecified atom stereocenters. The lowest BCUT2D eigenvalue weighted by Crippen LogP contribution is -2.31. The van der Waals surface area contributed by atoms with Crippen molar-refractivity contribution in [2.75, 3.05) is 18.0 Å². The van der Waals surface area contributed by atoms with Gasteiger partial charge in [-0.3, -0.25) is 0 Å². The zero-order valence-corrected chi connectivity index (χ0v) is 16.7. The molecule has 6 nitrogen and oxygen atoms in total. The number of nitrogens with zero attached hydrogens (tertiary/aromatic N) is 3. The molecular formula is C21H24N4O2S. The Morgan fingerprint density at radius 2 is 1.68 bits per heavy atom. The van der Waals surface area contributed by atoms with Crippen LogP contribution < -0.4 is 9.62 Å². The third-order valence-electron chi connectivity index (χ3n) is 5.04. The summed E-state index contributed by atoms with van der Waals surface area (Å²) in [7, 11) is -3.61. The number of para-hydroxylation sites is 1. The Morgan fingerprint density at radius 3 is 2.43 bits per heavy atom. The minimum absolute atomic E-state index is 0.0574. The molecule has 0 spiro atoms. The molecule has 2 heterocycles. The smallest absolute Gasteiger partial charge is 0.240 e. The zero-order valence-electron chi connectivity index (χ0n) is 15.9. The van der Waals surface area contributed by atoms with E-state index in [9.17, 15) is 8.42 Å². The van der Waals surface area contributed by atoms with Crippen molar-refractivity contribution in [1.29, 1.82) is 0 Å². The Bertz CT molecular complexity index is 1080. The highest BCUT2D eigenvalue weighted by Crippen LogP contribution is 2.26. The van der Waals surface area contributed by atoms with Gasteiger partial charge in [-0.25, -0.2) is 23.1 Å². The number of sulfonamides is 1. The van der Waals surface area contributed by atoms with Gasteiger partial charge in [0, 0.05) is 18.5 Å². The molecule has 28 heavy (non-hydrogen) atoms. The molecular weight excluding hydrogens is 372 g/mol. The van der Waals surface area contributed by atoms with E-state index in [0.29, 0.717) is 5.82 Å². The third-order valence-corrected chi connectivity index (χ3v) is 6.45.